The summed E-state index contributed by atoms with van der Waals surface area (Å²) in [6, 6.07) is 28.5. The van der Waals surface area contributed by atoms with Gasteiger partial charge in [-0.3, -0.25) is 13.9 Å². The first-order chi connectivity index (χ1) is 22.0. The number of nitrogens with zero attached hydrogens (tertiary/aromatic N) is 2. The van der Waals surface area contributed by atoms with Crippen molar-refractivity contribution in [2.75, 3.05) is 24.5 Å². The number of carbonyl (C=O) groups is 2. The quantitative estimate of drug-likeness (QED) is 0.172. The number of methoxy groups -OCH3 is 1. The monoisotopic (exact) mass is 661 g/mol. The highest BCUT2D eigenvalue weighted by molar-refractivity contribution is 7.92. The molecule has 8 nitrogen and oxygen atoms in total. The molecule has 1 atom stereocenters. The van der Waals surface area contributed by atoms with Crippen LogP contribution in [0.2, 0.25) is 5.02 Å². The number of anilines is 1. The molecule has 0 aliphatic rings. The highest BCUT2D eigenvalue weighted by atomic mass is 35.5. The molecule has 0 aromatic heterocycles. The third-order valence-electron chi connectivity index (χ3n) is 7.58. The molecular formula is C36H40ClN3O5S. The largest absolute Gasteiger partial charge is 0.497 e. The van der Waals surface area contributed by atoms with Crippen molar-refractivity contribution in [1.29, 1.82) is 0 Å². The molecule has 4 rings (SSSR count). The second kappa shape index (κ2) is 15.8. The number of ether oxygens (including phenoxy) is 1. The topological polar surface area (TPSA) is 96.0 Å². The predicted molar refractivity (Wildman–Crippen MR) is 182 cm³/mol. The van der Waals surface area contributed by atoms with E-state index in [1.54, 1.807) is 30.3 Å². The summed E-state index contributed by atoms with van der Waals surface area (Å²) in [6.07, 6.45) is 0.241. The Bertz CT molecular complexity index is 1730. The van der Waals surface area contributed by atoms with Gasteiger partial charge in [0.25, 0.3) is 10.0 Å². The van der Waals surface area contributed by atoms with Gasteiger partial charge in [-0.25, -0.2) is 8.42 Å². The Labute approximate surface area is 277 Å². The number of hydrogen-bond acceptors (Lipinski definition) is 5. The normalized spacial score (nSPS) is 12.0. The molecule has 0 radical (unpaired) electrons. The lowest BCUT2D eigenvalue weighted by Crippen LogP contribution is -2.53. The standard InChI is InChI=1S/C36H40ClN3O5S/c1-26(2)23-38-36(42)34(21-28-12-6-5-7-13-28)39(24-29-14-9-8-11-27(29)3)35(41)25-40(31-16-10-15-30(37)22-31)46(43,44)33-19-17-32(45-4)18-20-33/h5-20,22,26,34H,21,23-25H2,1-4H3,(H,38,42)/t34-/m0/s1. The predicted octanol–water partition coefficient (Wildman–Crippen LogP) is 6.26. The summed E-state index contributed by atoms with van der Waals surface area (Å²) in [7, 11) is -2.77. The van der Waals surface area contributed by atoms with Gasteiger partial charge in [-0.05, 0) is 72.0 Å². The van der Waals surface area contributed by atoms with Crippen molar-refractivity contribution in [3.63, 3.8) is 0 Å². The second-order valence-corrected chi connectivity index (χ2v) is 13.8. The van der Waals surface area contributed by atoms with Crippen LogP contribution in [0.15, 0.2) is 108 Å². The van der Waals surface area contributed by atoms with E-state index in [-0.39, 0.29) is 35.4 Å². The van der Waals surface area contributed by atoms with Crippen LogP contribution in [0.3, 0.4) is 0 Å². The van der Waals surface area contributed by atoms with Gasteiger partial charge in [-0.15, -0.1) is 0 Å². The lowest BCUT2D eigenvalue weighted by atomic mass is 10.0. The molecule has 2 amide bonds. The minimum Gasteiger partial charge on any atom is -0.497 e. The molecular weight excluding hydrogens is 622 g/mol. The summed E-state index contributed by atoms with van der Waals surface area (Å²) in [5.74, 6) is -0.174. The number of amides is 2. The second-order valence-electron chi connectivity index (χ2n) is 11.5. The molecule has 4 aromatic rings. The number of aryl methyl sites for hydroxylation is 1. The van der Waals surface area contributed by atoms with Crippen molar-refractivity contribution in [1.82, 2.24) is 10.2 Å². The summed E-state index contributed by atoms with van der Waals surface area (Å²) < 4.78 is 34.6. The van der Waals surface area contributed by atoms with Crippen LogP contribution >= 0.6 is 11.6 Å². The maximum absolute atomic E-state index is 14.6. The van der Waals surface area contributed by atoms with Gasteiger partial charge in [0, 0.05) is 24.5 Å². The fourth-order valence-corrected chi connectivity index (χ4v) is 6.57. The Balaban J connectivity index is 1.81. The van der Waals surface area contributed by atoms with Crippen LogP contribution in [0, 0.1) is 12.8 Å². The van der Waals surface area contributed by atoms with Gasteiger partial charge in [0.1, 0.15) is 18.3 Å². The van der Waals surface area contributed by atoms with Gasteiger partial charge in [-0.2, -0.15) is 0 Å². The molecule has 242 valence electrons. The molecule has 1 N–H and O–H groups in total. The highest BCUT2D eigenvalue weighted by Crippen LogP contribution is 2.28. The number of halogens is 1. The lowest BCUT2D eigenvalue weighted by Gasteiger charge is -2.34. The van der Waals surface area contributed by atoms with E-state index in [1.165, 1.54) is 30.2 Å². The van der Waals surface area contributed by atoms with E-state index in [9.17, 15) is 18.0 Å². The summed E-state index contributed by atoms with van der Waals surface area (Å²) in [5.41, 5.74) is 2.88. The number of nitrogens with one attached hydrogen (secondary N) is 1. The molecule has 0 fully saturated rings. The molecule has 0 spiro atoms. The average molecular weight is 662 g/mol. The average Bonchev–Trinajstić information content (AvgIpc) is 3.05. The summed E-state index contributed by atoms with van der Waals surface area (Å²) >= 11 is 6.30. The zero-order valence-corrected chi connectivity index (χ0v) is 28.1. The Morgan fingerprint density at radius 3 is 2.20 bits per heavy atom. The van der Waals surface area contributed by atoms with Crippen molar-refractivity contribution >= 4 is 39.1 Å². The number of carbonyl (C=O) groups excluding carboxylic acids is 2. The molecule has 0 bridgehead atoms. The molecule has 46 heavy (non-hydrogen) atoms. The van der Waals surface area contributed by atoms with Crippen molar-refractivity contribution in [2.24, 2.45) is 5.92 Å². The van der Waals surface area contributed by atoms with E-state index >= 15 is 0 Å². The van der Waals surface area contributed by atoms with E-state index in [0.29, 0.717) is 17.3 Å². The molecule has 0 aliphatic carbocycles. The van der Waals surface area contributed by atoms with Gasteiger partial charge in [0.2, 0.25) is 11.8 Å². The first kappa shape index (κ1) is 34.5. The maximum atomic E-state index is 14.6. The Kier molecular flexibility index (Phi) is 11.8. The minimum atomic E-state index is -4.26. The van der Waals surface area contributed by atoms with Crippen LogP contribution in [-0.2, 0) is 32.6 Å². The summed E-state index contributed by atoms with van der Waals surface area (Å²) in [6.45, 7) is 5.89. The van der Waals surface area contributed by atoms with E-state index < -0.39 is 28.5 Å². The van der Waals surface area contributed by atoms with E-state index in [0.717, 1.165) is 21.0 Å². The van der Waals surface area contributed by atoms with E-state index in [4.69, 9.17) is 16.3 Å². The Morgan fingerprint density at radius 2 is 1.57 bits per heavy atom. The third kappa shape index (κ3) is 8.89. The zero-order chi connectivity index (χ0) is 33.3. The molecule has 0 saturated carbocycles. The number of hydrogen-bond donors (Lipinski definition) is 1. The van der Waals surface area contributed by atoms with Gasteiger partial charge in [-0.1, -0.05) is 86.1 Å². The molecule has 0 saturated heterocycles. The van der Waals surface area contributed by atoms with E-state index in [2.05, 4.69) is 5.32 Å². The van der Waals surface area contributed by atoms with Crippen LogP contribution in [0.5, 0.6) is 5.75 Å². The minimum absolute atomic E-state index is 0.0259. The molecule has 10 heteroatoms. The van der Waals surface area contributed by atoms with Gasteiger partial charge in [0.05, 0.1) is 17.7 Å². The van der Waals surface area contributed by atoms with Crippen LogP contribution in [0.25, 0.3) is 0 Å². The van der Waals surface area contributed by atoms with Gasteiger partial charge < -0.3 is 15.0 Å². The van der Waals surface area contributed by atoms with Crippen LogP contribution in [-0.4, -0.2) is 51.4 Å². The number of rotatable bonds is 14. The van der Waals surface area contributed by atoms with Crippen molar-refractivity contribution < 1.29 is 22.7 Å². The fraction of sp³-hybridized carbons (Fsp3) is 0.278. The van der Waals surface area contributed by atoms with Crippen molar-refractivity contribution in [2.45, 2.75) is 44.7 Å². The van der Waals surface area contributed by atoms with Crippen LogP contribution < -0.4 is 14.4 Å². The highest BCUT2D eigenvalue weighted by Gasteiger charge is 2.35. The van der Waals surface area contributed by atoms with Gasteiger partial charge in [0.15, 0.2) is 0 Å². The maximum Gasteiger partial charge on any atom is 0.264 e. The van der Waals surface area contributed by atoms with Crippen molar-refractivity contribution in [3.8, 4) is 5.75 Å². The van der Waals surface area contributed by atoms with Crippen LogP contribution in [0.1, 0.15) is 30.5 Å². The Morgan fingerprint density at radius 1 is 0.891 bits per heavy atom. The molecule has 0 aliphatic heterocycles. The Hall–Kier alpha value is -4.34. The third-order valence-corrected chi connectivity index (χ3v) is 9.60. The summed E-state index contributed by atoms with van der Waals surface area (Å²) in [4.78, 5) is 29.9. The number of sulfonamides is 1. The fourth-order valence-electron chi connectivity index (χ4n) is 4.98. The number of benzene rings is 4. The molecule has 0 unspecified atom stereocenters. The lowest BCUT2D eigenvalue weighted by molar-refractivity contribution is -0.140. The first-order valence-corrected chi connectivity index (χ1v) is 16.9. The zero-order valence-electron chi connectivity index (χ0n) is 26.5. The molecule has 4 aromatic carbocycles. The first-order valence-electron chi connectivity index (χ1n) is 15.1. The van der Waals surface area contributed by atoms with Gasteiger partial charge >= 0.3 is 0 Å². The van der Waals surface area contributed by atoms with Crippen molar-refractivity contribution in [3.05, 3.63) is 125 Å². The summed E-state index contributed by atoms with van der Waals surface area (Å²) in [5, 5.41) is 3.32. The smallest absolute Gasteiger partial charge is 0.264 e. The SMILES string of the molecule is COc1ccc(S(=O)(=O)N(CC(=O)N(Cc2ccccc2C)[C@@H](Cc2ccccc2)C(=O)NCC(C)C)c2cccc(Cl)c2)cc1. The van der Waals surface area contributed by atoms with E-state index in [1.807, 2.05) is 75.4 Å². The molecule has 0 heterocycles. The van der Waals surface area contributed by atoms with Crippen LogP contribution in [0.4, 0.5) is 5.69 Å².